The summed E-state index contributed by atoms with van der Waals surface area (Å²) in [7, 11) is 1.48. The zero-order chi connectivity index (χ0) is 16.1. The fourth-order valence-electron chi connectivity index (χ4n) is 2.45. The Bertz CT molecular complexity index is 564. The highest BCUT2D eigenvalue weighted by molar-refractivity contribution is 6.45. The van der Waals surface area contributed by atoms with Crippen LogP contribution in [-0.2, 0) is 9.53 Å². The average Bonchev–Trinajstić information content (AvgIpc) is 3.00. The van der Waals surface area contributed by atoms with E-state index in [1.54, 1.807) is 6.92 Å². The minimum absolute atomic E-state index is 0.0516. The van der Waals surface area contributed by atoms with Gasteiger partial charge in [0.05, 0.1) is 30.4 Å². The third-order valence-electron chi connectivity index (χ3n) is 3.55. The van der Waals surface area contributed by atoms with Gasteiger partial charge in [-0.05, 0) is 38.7 Å². The summed E-state index contributed by atoms with van der Waals surface area (Å²) in [5.74, 6) is -0.864. The van der Waals surface area contributed by atoms with Crippen LogP contribution in [0, 0.1) is 0 Å². The van der Waals surface area contributed by atoms with E-state index in [1.165, 1.54) is 19.2 Å². The maximum Gasteiger partial charge on any atom is 0.379 e. The van der Waals surface area contributed by atoms with Crippen molar-refractivity contribution < 1.29 is 23.8 Å². The van der Waals surface area contributed by atoms with Crippen LogP contribution in [0.4, 0.5) is 0 Å². The van der Waals surface area contributed by atoms with Gasteiger partial charge in [0.15, 0.2) is 11.5 Å². The second kappa shape index (κ2) is 7.49. The Morgan fingerprint density at radius 1 is 1.23 bits per heavy atom. The maximum absolute atomic E-state index is 12.0. The van der Waals surface area contributed by atoms with Crippen molar-refractivity contribution >= 4 is 23.4 Å². The number of hydrogen-bond acceptors (Lipinski definition) is 5. The first-order valence-corrected chi connectivity index (χ1v) is 7.70. The van der Waals surface area contributed by atoms with E-state index >= 15 is 0 Å². The van der Waals surface area contributed by atoms with Crippen LogP contribution in [-0.4, -0.2) is 31.6 Å². The van der Waals surface area contributed by atoms with Crippen LogP contribution in [0.15, 0.2) is 12.1 Å². The van der Waals surface area contributed by atoms with Crippen LogP contribution in [0.25, 0.3) is 0 Å². The summed E-state index contributed by atoms with van der Waals surface area (Å²) >= 11 is 6.12. The molecule has 0 N–H and O–H groups in total. The van der Waals surface area contributed by atoms with E-state index in [4.69, 9.17) is 25.8 Å². The van der Waals surface area contributed by atoms with Gasteiger partial charge in [-0.15, -0.1) is 0 Å². The summed E-state index contributed by atoms with van der Waals surface area (Å²) in [5, 5.41) is 0.145. The maximum atomic E-state index is 12.0. The third kappa shape index (κ3) is 3.71. The van der Waals surface area contributed by atoms with Gasteiger partial charge in [-0.2, -0.15) is 0 Å². The Balaban J connectivity index is 2.26. The van der Waals surface area contributed by atoms with E-state index in [-0.39, 0.29) is 23.3 Å². The van der Waals surface area contributed by atoms with Crippen LogP contribution < -0.4 is 9.47 Å². The molecule has 0 bridgehead atoms. The van der Waals surface area contributed by atoms with E-state index in [1.807, 2.05) is 0 Å². The number of esters is 1. The summed E-state index contributed by atoms with van der Waals surface area (Å²) in [6, 6.07) is 2.94. The molecular weight excluding hydrogens is 308 g/mol. The number of carbonyl (C=O) groups excluding carboxylic acids is 2. The number of ketones is 1. The van der Waals surface area contributed by atoms with Crippen LogP contribution in [0.5, 0.6) is 11.5 Å². The van der Waals surface area contributed by atoms with Gasteiger partial charge in [0, 0.05) is 6.07 Å². The van der Waals surface area contributed by atoms with E-state index in [2.05, 4.69) is 0 Å². The highest BCUT2D eigenvalue weighted by Gasteiger charge is 2.24. The molecule has 2 rings (SSSR count). The van der Waals surface area contributed by atoms with Crippen molar-refractivity contribution in [3.05, 3.63) is 22.7 Å². The number of ether oxygens (including phenoxy) is 3. The molecule has 0 radical (unpaired) electrons. The first-order chi connectivity index (χ1) is 10.6. The molecule has 0 aliphatic heterocycles. The molecule has 0 heterocycles. The highest BCUT2D eigenvalue weighted by Crippen LogP contribution is 2.36. The van der Waals surface area contributed by atoms with Crippen molar-refractivity contribution in [2.45, 2.75) is 38.7 Å². The molecule has 1 aliphatic carbocycles. The molecule has 0 saturated heterocycles. The summed E-state index contributed by atoms with van der Waals surface area (Å²) in [4.78, 5) is 23.6. The summed E-state index contributed by atoms with van der Waals surface area (Å²) in [5.41, 5.74) is 0.0516. The quantitative estimate of drug-likeness (QED) is 0.455. The van der Waals surface area contributed by atoms with Crippen LogP contribution in [0.2, 0.25) is 5.02 Å². The molecule has 0 aromatic heterocycles. The zero-order valence-electron chi connectivity index (χ0n) is 12.7. The Labute approximate surface area is 134 Å². The highest BCUT2D eigenvalue weighted by atomic mass is 35.5. The molecule has 1 aliphatic rings. The SMILES string of the molecule is CCOC(=O)C(=O)c1cc(OC)c(OC2CCCC2)cc1Cl. The lowest BCUT2D eigenvalue weighted by atomic mass is 10.1. The third-order valence-corrected chi connectivity index (χ3v) is 3.87. The second-order valence-electron chi connectivity index (χ2n) is 5.06. The van der Waals surface area contributed by atoms with Gasteiger partial charge in [0.2, 0.25) is 0 Å². The lowest BCUT2D eigenvalue weighted by Gasteiger charge is -2.17. The standard InChI is InChI=1S/C16H19ClO5/c1-3-21-16(19)15(18)11-8-13(20-2)14(9-12(11)17)22-10-6-4-5-7-10/h8-10H,3-7H2,1-2H3. The van der Waals surface area contributed by atoms with Gasteiger partial charge in [0.25, 0.3) is 5.78 Å². The lowest BCUT2D eigenvalue weighted by Crippen LogP contribution is -2.18. The van der Waals surface area contributed by atoms with Crippen molar-refractivity contribution in [3.8, 4) is 11.5 Å². The largest absolute Gasteiger partial charge is 0.493 e. The minimum Gasteiger partial charge on any atom is -0.493 e. The molecule has 0 atom stereocenters. The summed E-state index contributed by atoms with van der Waals surface area (Å²) < 4.78 is 15.8. The summed E-state index contributed by atoms with van der Waals surface area (Å²) in [6.45, 7) is 1.76. The molecule has 1 aromatic rings. The van der Waals surface area contributed by atoms with Crippen molar-refractivity contribution in [2.75, 3.05) is 13.7 Å². The first-order valence-electron chi connectivity index (χ1n) is 7.32. The molecular formula is C16H19ClO5. The Kier molecular flexibility index (Phi) is 5.66. The molecule has 0 amide bonds. The summed E-state index contributed by atoms with van der Waals surface area (Å²) in [6.07, 6.45) is 4.39. The average molecular weight is 327 g/mol. The van der Waals surface area contributed by atoms with E-state index in [0.717, 1.165) is 25.7 Å². The van der Waals surface area contributed by atoms with E-state index in [9.17, 15) is 9.59 Å². The Hall–Kier alpha value is -1.75. The molecule has 1 aromatic carbocycles. The number of rotatable bonds is 6. The molecule has 0 unspecified atom stereocenters. The molecule has 120 valence electrons. The second-order valence-corrected chi connectivity index (χ2v) is 5.46. The van der Waals surface area contributed by atoms with Gasteiger partial charge in [-0.3, -0.25) is 4.79 Å². The normalized spacial score (nSPS) is 14.7. The fraction of sp³-hybridized carbons (Fsp3) is 0.500. The number of benzene rings is 1. The van der Waals surface area contributed by atoms with E-state index in [0.29, 0.717) is 11.5 Å². The predicted octanol–water partition coefficient (Wildman–Crippen LogP) is 3.42. The smallest absolute Gasteiger partial charge is 0.379 e. The molecule has 22 heavy (non-hydrogen) atoms. The number of halogens is 1. The van der Waals surface area contributed by atoms with E-state index < -0.39 is 11.8 Å². The van der Waals surface area contributed by atoms with Gasteiger partial charge in [-0.1, -0.05) is 11.6 Å². The lowest BCUT2D eigenvalue weighted by molar-refractivity contribution is -0.137. The predicted molar refractivity (Wildman–Crippen MR) is 81.9 cm³/mol. The van der Waals surface area contributed by atoms with Gasteiger partial charge < -0.3 is 14.2 Å². The number of carbonyl (C=O) groups is 2. The Morgan fingerprint density at radius 3 is 2.50 bits per heavy atom. The fourth-order valence-corrected chi connectivity index (χ4v) is 2.69. The van der Waals surface area contributed by atoms with Crippen LogP contribution in [0.3, 0.4) is 0 Å². The number of Topliss-reactive ketones (excluding diaryl/α,β-unsaturated/α-hetero) is 1. The van der Waals surface area contributed by atoms with Gasteiger partial charge in [-0.25, -0.2) is 4.79 Å². The zero-order valence-corrected chi connectivity index (χ0v) is 13.4. The topological polar surface area (TPSA) is 61.8 Å². The molecule has 1 saturated carbocycles. The first kappa shape index (κ1) is 16.6. The van der Waals surface area contributed by atoms with Crippen molar-refractivity contribution in [1.29, 1.82) is 0 Å². The molecule has 6 heteroatoms. The van der Waals surface area contributed by atoms with Crippen molar-refractivity contribution in [2.24, 2.45) is 0 Å². The number of methoxy groups -OCH3 is 1. The molecule has 0 spiro atoms. The van der Waals surface area contributed by atoms with Crippen LogP contribution in [0.1, 0.15) is 43.0 Å². The van der Waals surface area contributed by atoms with Crippen molar-refractivity contribution in [3.63, 3.8) is 0 Å². The van der Waals surface area contributed by atoms with Crippen molar-refractivity contribution in [1.82, 2.24) is 0 Å². The Morgan fingerprint density at radius 2 is 1.91 bits per heavy atom. The number of hydrogen-bond donors (Lipinski definition) is 0. The van der Waals surface area contributed by atoms with Gasteiger partial charge in [0.1, 0.15) is 0 Å². The monoisotopic (exact) mass is 326 g/mol. The molecule has 1 fully saturated rings. The minimum atomic E-state index is -0.934. The van der Waals surface area contributed by atoms with Crippen LogP contribution >= 0.6 is 11.6 Å². The van der Waals surface area contributed by atoms with Gasteiger partial charge >= 0.3 is 5.97 Å². The molecule has 5 nitrogen and oxygen atoms in total.